The number of halogens is 1. The standard InChI is InChI=1S/C9H15ClO2/c10-6-2-4-8-12-9-5-1-3-7-11-9/h2,4,9H,1,3,5-8H2/b4-2+. The molecule has 0 N–H and O–H groups in total. The van der Waals surface area contributed by atoms with Crippen LogP contribution >= 0.6 is 11.6 Å². The third-order valence-corrected chi connectivity index (χ3v) is 1.95. The molecule has 0 bridgehead atoms. The molecule has 2 nitrogen and oxygen atoms in total. The van der Waals surface area contributed by atoms with Gasteiger partial charge in [0.15, 0.2) is 6.29 Å². The molecular formula is C9H15ClO2. The molecule has 0 saturated carbocycles. The van der Waals surface area contributed by atoms with Gasteiger partial charge in [-0.05, 0) is 19.3 Å². The van der Waals surface area contributed by atoms with Crippen LogP contribution in [0.5, 0.6) is 0 Å². The van der Waals surface area contributed by atoms with Gasteiger partial charge in [-0.25, -0.2) is 0 Å². The maximum absolute atomic E-state index is 5.45. The predicted octanol–water partition coefficient (Wildman–Crippen LogP) is 2.32. The third-order valence-electron chi connectivity index (χ3n) is 1.77. The second kappa shape index (κ2) is 6.46. The highest BCUT2D eigenvalue weighted by Crippen LogP contribution is 2.13. The maximum atomic E-state index is 5.45. The van der Waals surface area contributed by atoms with E-state index in [9.17, 15) is 0 Å². The quantitative estimate of drug-likeness (QED) is 0.501. The van der Waals surface area contributed by atoms with E-state index in [1.54, 1.807) is 0 Å². The van der Waals surface area contributed by atoms with Crippen LogP contribution in [0.2, 0.25) is 0 Å². The first kappa shape index (κ1) is 10.0. The van der Waals surface area contributed by atoms with Crippen LogP contribution in [-0.2, 0) is 9.47 Å². The van der Waals surface area contributed by atoms with Crippen LogP contribution < -0.4 is 0 Å². The molecule has 1 aliphatic rings. The number of hydrogen-bond donors (Lipinski definition) is 0. The lowest BCUT2D eigenvalue weighted by molar-refractivity contribution is -0.155. The van der Waals surface area contributed by atoms with Crippen molar-refractivity contribution in [1.82, 2.24) is 0 Å². The van der Waals surface area contributed by atoms with E-state index in [2.05, 4.69) is 0 Å². The monoisotopic (exact) mass is 190 g/mol. The molecule has 0 spiro atoms. The summed E-state index contributed by atoms with van der Waals surface area (Å²) in [6.07, 6.45) is 7.21. The van der Waals surface area contributed by atoms with Crippen LogP contribution in [0.1, 0.15) is 19.3 Å². The third kappa shape index (κ3) is 4.10. The molecule has 0 aromatic carbocycles. The number of rotatable bonds is 4. The summed E-state index contributed by atoms with van der Waals surface area (Å²) >= 11 is 5.45. The number of alkyl halides is 1. The summed E-state index contributed by atoms with van der Waals surface area (Å²) in [5, 5.41) is 0. The van der Waals surface area contributed by atoms with Crippen molar-refractivity contribution in [3.8, 4) is 0 Å². The normalized spacial score (nSPS) is 24.9. The zero-order valence-corrected chi connectivity index (χ0v) is 7.93. The molecule has 1 atom stereocenters. The van der Waals surface area contributed by atoms with Crippen molar-refractivity contribution >= 4 is 11.6 Å². The van der Waals surface area contributed by atoms with Gasteiger partial charge < -0.3 is 9.47 Å². The van der Waals surface area contributed by atoms with Crippen molar-refractivity contribution in [1.29, 1.82) is 0 Å². The Hall–Kier alpha value is -0.0500. The van der Waals surface area contributed by atoms with Crippen LogP contribution in [-0.4, -0.2) is 25.4 Å². The largest absolute Gasteiger partial charge is 0.353 e. The minimum Gasteiger partial charge on any atom is -0.353 e. The lowest BCUT2D eigenvalue weighted by Gasteiger charge is -2.21. The van der Waals surface area contributed by atoms with E-state index < -0.39 is 0 Å². The molecule has 1 heterocycles. The maximum Gasteiger partial charge on any atom is 0.157 e. The first-order valence-corrected chi connectivity index (χ1v) is 4.91. The van der Waals surface area contributed by atoms with Gasteiger partial charge in [0.05, 0.1) is 6.61 Å². The molecule has 3 heteroatoms. The van der Waals surface area contributed by atoms with Crippen molar-refractivity contribution in [2.45, 2.75) is 25.6 Å². The Morgan fingerprint density at radius 2 is 2.33 bits per heavy atom. The molecule has 12 heavy (non-hydrogen) atoms. The van der Waals surface area contributed by atoms with Crippen molar-refractivity contribution in [2.75, 3.05) is 19.1 Å². The predicted molar refractivity (Wildman–Crippen MR) is 49.4 cm³/mol. The number of ether oxygens (including phenoxy) is 2. The minimum absolute atomic E-state index is 0.0127. The van der Waals surface area contributed by atoms with E-state index in [4.69, 9.17) is 21.1 Å². The van der Waals surface area contributed by atoms with Gasteiger partial charge in [0.1, 0.15) is 0 Å². The molecule has 1 aliphatic heterocycles. The molecule has 1 rings (SSSR count). The average Bonchev–Trinajstić information content (AvgIpc) is 2.14. The van der Waals surface area contributed by atoms with E-state index in [0.29, 0.717) is 12.5 Å². The van der Waals surface area contributed by atoms with Gasteiger partial charge in [0, 0.05) is 12.5 Å². The lowest BCUT2D eigenvalue weighted by atomic mass is 10.2. The highest BCUT2D eigenvalue weighted by atomic mass is 35.5. The Labute approximate surface area is 78.5 Å². The van der Waals surface area contributed by atoms with Crippen molar-refractivity contribution in [3.63, 3.8) is 0 Å². The second-order valence-corrected chi connectivity index (χ2v) is 3.06. The second-order valence-electron chi connectivity index (χ2n) is 2.76. The number of allylic oxidation sites excluding steroid dienone is 1. The van der Waals surface area contributed by atoms with E-state index >= 15 is 0 Å². The molecule has 1 saturated heterocycles. The summed E-state index contributed by atoms with van der Waals surface area (Å²) < 4.78 is 10.8. The Balaban J connectivity index is 2.01. The summed E-state index contributed by atoms with van der Waals surface area (Å²) in [4.78, 5) is 0. The van der Waals surface area contributed by atoms with Gasteiger partial charge in [-0.2, -0.15) is 0 Å². The Morgan fingerprint density at radius 1 is 1.42 bits per heavy atom. The van der Waals surface area contributed by atoms with Crippen molar-refractivity contribution < 1.29 is 9.47 Å². The summed E-state index contributed by atoms with van der Waals surface area (Å²) in [5.41, 5.74) is 0. The van der Waals surface area contributed by atoms with E-state index in [-0.39, 0.29) is 6.29 Å². The SMILES string of the molecule is ClC/C=C/COC1CCCCO1. The highest BCUT2D eigenvalue weighted by Gasteiger charge is 2.12. The fraction of sp³-hybridized carbons (Fsp3) is 0.778. The van der Waals surface area contributed by atoms with Crippen molar-refractivity contribution in [2.24, 2.45) is 0 Å². The highest BCUT2D eigenvalue weighted by molar-refractivity contribution is 6.18. The van der Waals surface area contributed by atoms with Gasteiger partial charge in [0.25, 0.3) is 0 Å². The van der Waals surface area contributed by atoms with Gasteiger partial charge >= 0.3 is 0 Å². The molecule has 0 aromatic rings. The summed E-state index contributed by atoms with van der Waals surface area (Å²) in [6, 6.07) is 0. The Bertz CT molecular complexity index is 130. The van der Waals surface area contributed by atoms with E-state index in [1.165, 1.54) is 6.42 Å². The van der Waals surface area contributed by atoms with E-state index in [0.717, 1.165) is 19.4 Å². The fourth-order valence-corrected chi connectivity index (χ4v) is 1.26. The zero-order chi connectivity index (χ0) is 8.65. The molecule has 0 radical (unpaired) electrons. The molecule has 70 valence electrons. The van der Waals surface area contributed by atoms with Crippen molar-refractivity contribution in [3.05, 3.63) is 12.2 Å². The fourth-order valence-electron chi connectivity index (χ4n) is 1.14. The van der Waals surface area contributed by atoms with Crippen LogP contribution in [0, 0.1) is 0 Å². The van der Waals surface area contributed by atoms with Gasteiger partial charge in [0.2, 0.25) is 0 Å². The molecule has 0 aliphatic carbocycles. The number of hydrogen-bond acceptors (Lipinski definition) is 2. The molecule has 1 unspecified atom stereocenters. The molecule has 0 amide bonds. The average molecular weight is 191 g/mol. The lowest BCUT2D eigenvalue weighted by Crippen LogP contribution is -2.22. The van der Waals surface area contributed by atoms with E-state index in [1.807, 2.05) is 12.2 Å². The summed E-state index contributed by atoms with van der Waals surface area (Å²) in [7, 11) is 0. The first-order valence-electron chi connectivity index (χ1n) is 4.37. The smallest absolute Gasteiger partial charge is 0.157 e. The summed E-state index contributed by atoms with van der Waals surface area (Å²) in [5.74, 6) is 0.550. The van der Waals surface area contributed by atoms with Crippen LogP contribution in [0.3, 0.4) is 0 Å². The molecular weight excluding hydrogens is 176 g/mol. The van der Waals surface area contributed by atoms with Crippen LogP contribution in [0.4, 0.5) is 0 Å². The van der Waals surface area contributed by atoms with Crippen LogP contribution in [0.15, 0.2) is 12.2 Å². The topological polar surface area (TPSA) is 18.5 Å². The molecule has 0 aromatic heterocycles. The minimum atomic E-state index is 0.0127. The Kier molecular flexibility index (Phi) is 5.41. The zero-order valence-electron chi connectivity index (χ0n) is 7.17. The summed E-state index contributed by atoms with van der Waals surface area (Å²) in [6.45, 7) is 1.45. The first-order chi connectivity index (χ1) is 5.93. The molecule has 1 fully saturated rings. The Morgan fingerprint density at radius 3 is 3.00 bits per heavy atom. The van der Waals surface area contributed by atoms with Crippen LogP contribution in [0.25, 0.3) is 0 Å². The van der Waals surface area contributed by atoms with Gasteiger partial charge in [-0.3, -0.25) is 0 Å². The van der Waals surface area contributed by atoms with Gasteiger partial charge in [-0.15, -0.1) is 11.6 Å². The van der Waals surface area contributed by atoms with Gasteiger partial charge in [-0.1, -0.05) is 12.2 Å².